The van der Waals surface area contributed by atoms with Crippen LogP contribution in [0.4, 0.5) is 0 Å². The minimum absolute atomic E-state index is 0.0355. The lowest BCUT2D eigenvalue weighted by atomic mass is 10.2. The summed E-state index contributed by atoms with van der Waals surface area (Å²) in [5.41, 5.74) is 0. The predicted octanol–water partition coefficient (Wildman–Crippen LogP) is 1.33. The lowest BCUT2D eigenvalue weighted by Crippen LogP contribution is -2.45. The van der Waals surface area contributed by atoms with Gasteiger partial charge in [-0.15, -0.1) is 0 Å². The molecule has 0 aliphatic heterocycles. The lowest BCUT2D eigenvalue weighted by molar-refractivity contribution is -0.123. The molecule has 0 aromatic heterocycles. The maximum absolute atomic E-state index is 11.9. The summed E-state index contributed by atoms with van der Waals surface area (Å²) >= 11 is 0. The van der Waals surface area contributed by atoms with Crippen LogP contribution in [0.15, 0.2) is 0 Å². The molecule has 2 unspecified atom stereocenters. The van der Waals surface area contributed by atoms with Crippen molar-refractivity contribution >= 4 is 11.8 Å². The summed E-state index contributed by atoms with van der Waals surface area (Å²) in [7, 11) is 0. The van der Waals surface area contributed by atoms with Gasteiger partial charge in [0, 0.05) is 18.5 Å². The Morgan fingerprint density at radius 1 is 1.25 bits per heavy atom. The smallest absolute Gasteiger partial charge is 0.237 e. The number of hydrogen-bond donors (Lipinski definition) is 3. The van der Waals surface area contributed by atoms with Gasteiger partial charge in [-0.1, -0.05) is 13.3 Å². The van der Waals surface area contributed by atoms with Gasteiger partial charge in [0.1, 0.15) is 0 Å². The van der Waals surface area contributed by atoms with E-state index < -0.39 is 0 Å². The Morgan fingerprint density at radius 2 is 1.95 bits per heavy atom. The molecule has 0 radical (unpaired) electrons. The van der Waals surface area contributed by atoms with Crippen LogP contribution in [0.5, 0.6) is 0 Å². The van der Waals surface area contributed by atoms with E-state index >= 15 is 0 Å². The third-order valence-corrected chi connectivity index (χ3v) is 3.48. The number of carbonyl (C=O) groups is 2. The van der Waals surface area contributed by atoms with Crippen molar-refractivity contribution in [1.29, 1.82) is 0 Å². The van der Waals surface area contributed by atoms with Gasteiger partial charge < -0.3 is 16.0 Å². The second-order valence-electron chi connectivity index (χ2n) is 5.82. The molecule has 116 valence electrons. The number of carbonyl (C=O) groups excluding carboxylic acids is 2. The first-order valence-corrected chi connectivity index (χ1v) is 7.86. The zero-order valence-corrected chi connectivity index (χ0v) is 13.0. The Morgan fingerprint density at radius 3 is 2.55 bits per heavy atom. The zero-order valence-electron chi connectivity index (χ0n) is 13.0. The number of rotatable bonds is 10. The molecule has 0 aromatic carbocycles. The molecule has 0 saturated heterocycles. The van der Waals surface area contributed by atoms with E-state index in [4.69, 9.17) is 0 Å². The van der Waals surface area contributed by atoms with Gasteiger partial charge in [0.05, 0.1) is 6.04 Å². The molecule has 0 heterocycles. The molecule has 20 heavy (non-hydrogen) atoms. The van der Waals surface area contributed by atoms with Gasteiger partial charge in [0.15, 0.2) is 0 Å². The summed E-state index contributed by atoms with van der Waals surface area (Å²) in [5.74, 6) is 0.163. The largest absolute Gasteiger partial charge is 0.353 e. The summed E-state index contributed by atoms with van der Waals surface area (Å²) in [6.07, 6.45) is 5.61. The Labute approximate surface area is 122 Å². The Kier molecular flexibility index (Phi) is 7.59. The van der Waals surface area contributed by atoms with Crippen LogP contribution in [-0.4, -0.2) is 36.5 Å². The molecule has 2 atom stereocenters. The highest BCUT2D eigenvalue weighted by Crippen LogP contribution is 2.18. The molecule has 0 spiro atoms. The summed E-state index contributed by atoms with van der Waals surface area (Å²) in [6, 6.07) is 0.446. The van der Waals surface area contributed by atoms with E-state index in [9.17, 15) is 9.59 Å². The molecule has 2 amide bonds. The van der Waals surface area contributed by atoms with E-state index in [0.717, 1.165) is 32.1 Å². The molecular weight excluding hydrogens is 254 g/mol. The maximum atomic E-state index is 11.9. The van der Waals surface area contributed by atoms with Crippen LogP contribution in [0.3, 0.4) is 0 Å². The van der Waals surface area contributed by atoms with E-state index in [1.54, 1.807) is 0 Å². The fraction of sp³-hybridized carbons (Fsp3) is 0.867. The van der Waals surface area contributed by atoms with E-state index in [2.05, 4.69) is 22.9 Å². The SMILES string of the molecule is CCCC(C)NC(=O)C(C)NCCCC(=O)NC1CC1. The fourth-order valence-corrected chi connectivity index (χ4v) is 2.06. The highest BCUT2D eigenvalue weighted by atomic mass is 16.2. The molecule has 1 fully saturated rings. The molecule has 0 aromatic rings. The first kappa shape index (κ1) is 17.0. The van der Waals surface area contributed by atoms with E-state index in [-0.39, 0.29) is 23.9 Å². The molecular formula is C15H29N3O2. The summed E-state index contributed by atoms with van der Waals surface area (Å²) in [5, 5.41) is 9.10. The van der Waals surface area contributed by atoms with Crippen molar-refractivity contribution in [2.45, 2.75) is 77.4 Å². The summed E-state index contributed by atoms with van der Waals surface area (Å²) < 4.78 is 0. The second kappa shape index (κ2) is 8.95. The standard InChI is InChI=1S/C15H29N3O2/c1-4-6-11(2)17-15(20)12(3)16-10-5-7-14(19)18-13-8-9-13/h11-13,16H,4-10H2,1-3H3,(H,17,20)(H,18,19). The van der Waals surface area contributed by atoms with Gasteiger partial charge in [-0.25, -0.2) is 0 Å². The van der Waals surface area contributed by atoms with Crippen molar-refractivity contribution in [3.63, 3.8) is 0 Å². The van der Waals surface area contributed by atoms with E-state index in [0.29, 0.717) is 19.0 Å². The van der Waals surface area contributed by atoms with Gasteiger partial charge >= 0.3 is 0 Å². The maximum Gasteiger partial charge on any atom is 0.237 e. The van der Waals surface area contributed by atoms with Gasteiger partial charge in [-0.05, 0) is 46.1 Å². The van der Waals surface area contributed by atoms with Gasteiger partial charge in [-0.2, -0.15) is 0 Å². The first-order chi connectivity index (χ1) is 9.52. The Bertz CT molecular complexity index is 316. The number of amides is 2. The van der Waals surface area contributed by atoms with Crippen molar-refractivity contribution in [2.24, 2.45) is 0 Å². The van der Waals surface area contributed by atoms with Crippen LogP contribution in [-0.2, 0) is 9.59 Å². The topological polar surface area (TPSA) is 70.2 Å². The number of nitrogens with one attached hydrogen (secondary N) is 3. The van der Waals surface area contributed by atoms with Crippen LogP contribution in [0, 0.1) is 0 Å². The minimum Gasteiger partial charge on any atom is -0.353 e. The molecule has 1 saturated carbocycles. The third-order valence-electron chi connectivity index (χ3n) is 3.48. The molecule has 5 heteroatoms. The van der Waals surface area contributed by atoms with Crippen molar-refractivity contribution in [2.75, 3.05) is 6.54 Å². The summed E-state index contributed by atoms with van der Waals surface area (Å²) in [4.78, 5) is 23.3. The first-order valence-electron chi connectivity index (χ1n) is 7.86. The Balaban J connectivity index is 2.04. The van der Waals surface area contributed by atoms with Crippen LogP contribution in [0.25, 0.3) is 0 Å². The molecule has 1 rings (SSSR count). The third kappa shape index (κ3) is 7.48. The van der Waals surface area contributed by atoms with Gasteiger partial charge in [-0.3, -0.25) is 9.59 Å². The van der Waals surface area contributed by atoms with Crippen LogP contribution in [0.1, 0.15) is 59.3 Å². The predicted molar refractivity (Wildman–Crippen MR) is 80.4 cm³/mol. The average Bonchev–Trinajstić information content (AvgIpc) is 3.18. The van der Waals surface area contributed by atoms with Crippen LogP contribution < -0.4 is 16.0 Å². The average molecular weight is 283 g/mol. The monoisotopic (exact) mass is 283 g/mol. The Hall–Kier alpha value is -1.10. The van der Waals surface area contributed by atoms with Crippen molar-refractivity contribution in [3.8, 4) is 0 Å². The molecule has 5 nitrogen and oxygen atoms in total. The van der Waals surface area contributed by atoms with Crippen molar-refractivity contribution < 1.29 is 9.59 Å². The second-order valence-corrected chi connectivity index (χ2v) is 5.82. The van der Waals surface area contributed by atoms with E-state index in [1.807, 2.05) is 13.8 Å². The van der Waals surface area contributed by atoms with Gasteiger partial charge in [0.25, 0.3) is 0 Å². The van der Waals surface area contributed by atoms with E-state index in [1.165, 1.54) is 0 Å². The highest BCUT2D eigenvalue weighted by molar-refractivity contribution is 5.81. The molecule has 1 aliphatic carbocycles. The normalized spacial score (nSPS) is 17.4. The number of hydrogen-bond acceptors (Lipinski definition) is 3. The van der Waals surface area contributed by atoms with Crippen LogP contribution in [0.2, 0.25) is 0 Å². The van der Waals surface area contributed by atoms with Gasteiger partial charge in [0.2, 0.25) is 11.8 Å². The zero-order chi connectivity index (χ0) is 15.0. The highest BCUT2D eigenvalue weighted by Gasteiger charge is 2.22. The molecule has 0 bridgehead atoms. The molecule has 3 N–H and O–H groups in total. The molecule has 1 aliphatic rings. The van der Waals surface area contributed by atoms with Crippen LogP contribution >= 0.6 is 0 Å². The van der Waals surface area contributed by atoms with Crippen molar-refractivity contribution in [1.82, 2.24) is 16.0 Å². The minimum atomic E-state index is -0.208. The van der Waals surface area contributed by atoms with Crippen molar-refractivity contribution in [3.05, 3.63) is 0 Å². The fourth-order valence-electron chi connectivity index (χ4n) is 2.06. The summed E-state index contributed by atoms with van der Waals surface area (Å²) in [6.45, 7) is 6.68. The lowest BCUT2D eigenvalue weighted by Gasteiger charge is -2.18. The quantitative estimate of drug-likeness (QED) is 0.530.